The molecule has 2 aromatic carbocycles. The van der Waals surface area contributed by atoms with E-state index < -0.39 is 0 Å². The van der Waals surface area contributed by atoms with Crippen LogP contribution in [0.25, 0.3) is 0 Å². The summed E-state index contributed by atoms with van der Waals surface area (Å²) in [5, 5.41) is 3.10. The van der Waals surface area contributed by atoms with E-state index in [0.29, 0.717) is 31.5 Å². The fourth-order valence-corrected chi connectivity index (χ4v) is 2.66. The molecular weight excluding hydrogens is 342 g/mol. The number of benzene rings is 2. The zero-order chi connectivity index (χ0) is 19.3. The maximum Gasteiger partial charge on any atom is 0.193 e. The normalized spacial score (nSPS) is 14.4. The quantitative estimate of drug-likeness (QED) is 0.630. The van der Waals surface area contributed by atoms with Gasteiger partial charge in [0.2, 0.25) is 0 Å². The third-order valence-electron chi connectivity index (χ3n) is 3.83. The Bertz CT molecular complexity index is 813. The maximum absolute atomic E-state index is 6.06. The molecule has 27 heavy (non-hydrogen) atoms. The van der Waals surface area contributed by atoms with Gasteiger partial charge in [-0.2, -0.15) is 0 Å². The second-order valence-electron chi connectivity index (χ2n) is 7.36. The van der Waals surface area contributed by atoms with E-state index in [0.717, 1.165) is 29.2 Å². The predicted octanol–water partition coefficient (Wildman–Crippen LogP) is 3.95. The van der Waals surface area contributed by atoms with E-state index in [4.69, 9.17) is 19.9 Å². The number of aliphatic imine (C=N–C) groups is 1. The summed E-state index contributed by atoms with van der Waals surface area (Å²) in [6.07, 6.45) is 0.872. The highest BCUT2D eigenvalue weighted by Crippen LogP contribution is 2.32. The van der Waals surface area contributed by atoms with Crippen LogP contribution in [0.15, 0.2) is 47.5 Å². The number of para-hydroxylation sites is 1. The largest absolute Gasteiger partial charge is 0.490 e. The molecular formula is C21H27N3O3. The van der Waals surface area contributed by atoms with Gasteiger partial charge in [0.15, 0.2) is 17.5 Å². The fraction of sp³-hybridized carbons (Fsp3) is 0.381. The number of guanidine groups is 1. The van der Waals surface area contributed by atoms with Gasteiger partial charge >= 0.3 is 0 Å². The van der Waals surface area contributed by atoms with E-state index in [2.05, 4.69) is 10.3 Å². The summed E-state index contributed by atoms with van der Waals surface area (Å²) in [4.78, 5) is 4.44. The Morgan fingerprint density at radius 1 is 1.11 bits per heavy atom. The summed E-state index contributed by atoms with van der Waals surface area (Å²) in [7, 11) is 0. The number of hydrogen-bond acceptors (Lipinski definition) is 4. The molecule has 0 atom stereocenters. The summed E-state index contributed by atoms with van der Waals surface area (Å²) in [5.74, 6) is 2.61. The molecule has 144 valence electrons. The van der Waals surface area contributed by atoms with Crippen LogP contribution in [0.4, 0.5) is 5.69 Å². The molecule has 0 fully saturated rings. The summed E-state index contributed by atoms with van der Waals surface area (Å²) in [5.41, 5.74) is 7.58. The first kappa shape index (κ1) is 18.9. The van der Waals surface area contributed by atoms with Crippen LogP contribution < -0.4 is 25.3 Å². The average molecular weight is 369 g/mol. The minimum Gasteiger partial charge on any atom is -0.490 e. The Labute approximate surface area is 160 Å². The van der Waals surface area contributed by atoms with Crippen LogP contribution >= 0.6 is 0 Å². The highest BCUT2D eigenvalue weighted by atomic mass is 16.5. The predicted molar refractivity (Wildman–Crippen MR) is 108 cm³/mol. The van der Waals surface area contributed by atoms with E-state index in [9.17, 15) is 0 Å². The van der Waals surface area contributed by atoms with Crippen LogP contribution in [0.2, 0.25) is 0 Å². The van der Waals surface area contributed by atoms with Gasteiger partial charge in [0.05, 0.1) is 19.8 Å². The lowest BCUT2D eigenvalue weighted by atomic mass is 10.1. The standard InChI is InChI=1S/C21H27N3O3/c1-21(2,3)27-17-8-5-4-7-15(17)14-23-20(22)24-16-9-10-18-19(13-16)26-12-6-11-25-18/h4-5,7-10,13H,6,11-12,14H2,1-3H3,(H3,22,23,24). The van der Waals surface area contributed by atoms with Gasteiger partial charge in [-0.15, -0.1) is 0 Å². The van der Waals surface area contributed by atoms with Crippen molar-refractivity contribution in [1.29, 1.82) is 0 Å². The average Bonchev–Trinajstić information content (AvgIpc) is 2.84. The first-order valence-electron chi connectivity index (χ1n) is 9.14. The number of hydrogen-bond donors (Lipinski definition) is 2. The van der Waals surface area contributed by atoms with Crippen LogP contribution in [0.3, 0.4) is 0 Å². The molecule has 0 unspecified atom stereocenters. The SMILES string of the molecule is CC(C)(C)Oc1ccccc1CN=C(N)Nc1ccc2c(c1)OCCCO2. The molecule has 0 bridgehead atoms. The number of rotatable bonds is 4. The second kappa shape index (κ2) is 8.20. The first-order valence-corrected chi connectivity index (χ1v) is 9.14. The number of nitrogens with zero attached hydrogens (tertiary/aromatic N) is 1. The molecule has 3 N–H and O–H groups in total. The molecule has 6 nitrogen and oxygen atoms in total. The zero-order valence-corrected chi connectivity index (χ0v) is 16.1. The van der Waals surface area contributed by atoms with Gasteiger partial charge in [-0.3, -0.25) is 0 Å². The molecule has 0 aliphatic carbocycles. The van der Waals surface area contributed by atoms with Gasteiger partial charge < -0.3 is 25.3 Å². The van der Waals surface area contributed by atoms with Crippen LogP contribution in [-0.2, 0) is 6.54 Å². The van der Waals surface area contributed by atoms with Crippen molar-refractivity contribution in [2.75, 3.05) is 18.5 Å². The third-order valence-corrected chi connectivity index (χ3v) is 3.83. The first-order chi connectivity index (χ1) is 12.9. The van der Waals surface area contributed by atoms with Gasteiger partial charge in [0, 0.05) is 23.7 Å². The van der Waals surface area contributed by atoms with Gasteiger partial charge in [0.25, 0.3) is 0 Å². The number of nitrogens with two attached hydrogens (primary N) is 1. The fourth-order valence-electron chi connectivity index (χ4n) is 2.66. The molecule has 1 heterocycles. The minimum atomic E-state index is -0.270. The van der Waals surface area contributed by atoms with E-state index in [1.54, 1.807) is 0 Å². The van der Waals surface area contributed by atoms with Crippen molar-refractivity contribution < 1.29 is 14.2 Å². The minimum absolute atomic E-state index is 0.270. The van der Waals surface area contributed by atoms with Crippen LogP contribution in [0.5, 0.6) is 17.2 Å². The molecule has 0 radical (unpaired) electrons. The number of nitrogens with one attached hydrogen (secondary N) is 1. The molecule has 6 heteroatoms. The molecule has 0 saturated carbocycles. The summed E-state index contributed by atoms with van der Waals surface area (Å²) >= 11 is 0. The number of anilines is 1. The Hall–Kier alpha value is -2.89. The van der Waals surface area contributed by atoms with Gasteiger partial charge in [-0.1, -0.05) is 18.2 Å². The highest BCUT2D eigenvalue weighted by molar-refractivity contribution is 5.92. The Morgan fingerprint density at radius 2 is 1.85 bits per heavy atom. The summed E-state index contributed by atoms with van der Waals surface area (Å²) in [6.45, 7) is 7.80. The molecule has 0 spiro atoms. The van der Waals surface area contributed by atoms with E-state index in [-0.39, 0.29) is 5.60 Å². The van der Waals surface area contributed by atoms with Crippen molar-refractivity contribution in [2.24, 2.45) is 10.7 Å². The van der Waals surface area contributed by atoms with E-state index in [1.165, 1.54) is 0 Å². The van der Waals surface area contributed by atoms with Crippen molar-refractivity contribution in [3.8, 4) is 17.2 Å². The van der Waals surface area contributed by atoms with Crippen molar-refractivity contribution in [1.82, 2.24) is 0 Å². The Balaban J connectivity index is 1.68. The second-order valence-corrected chi connectivity index (χ2v) is 7.36. The van der Waals surface area contributed by atoms with Crippen molar-refractivity contribution in [3.63, 3.8) is 0 Å². The Morgan fingerprint density at radius 3 is 2.63 bits per heavy atom. The van der Waals surface area contributed by atoms with Crippen LogP contribution in [0, 0.1) is 0 Å². The topological polar surface area (TPSA) is 78.1 Å². The molecule has 1 aliphatic rings. The lowest BCUT2D eigenvalue weighted by Gasteiger charge is -2.23. The van der Waals surface area contributed by atoms with Crippen molar-refractivity contribution >= 4 is 11.6 Å². The van der Waals surface area contributed by atoms with Crippen molar-refractivity contribution in [3.05, 3.63) is 48.0 Å². The molecule has 0 aromatic heterocycles. The third kappa shape index (κ3) is 5.54. The maximum atomic E-state index is 6.06. The van der Waals surface area contributed by atoms with Crippen LogP contribution in [0.1, 0.15) is 32.8 Å². The molecule has 0 saturated heterocycles. The van der Waals surface area contributed by atoms with E-state index in [1.807, 2.05) is 63.2 Å². The smallest absolute Gasteiger partial charge is 0.193 e. The number of ether oxygens (including phenoxy) is 3. The molecule has 2 aromatic rings. The van der Waals surface area contributed by atoms with Gasteiger partial charge in [-0.05, 0) is 39.0 Å². The van der Waals surface area contributed by atoms with Gasteiger partial charge in [0.1, 0.15) is 11.4 Å². The lowest BCUT2D eigenvalue weighted by Crippen LogP contribution is -2.24. The monoisotopic (exact) mass is 369 g/mol. The van der Waals surface area contributed by atoms with E-state index >= 15 is 0 Å². The highest BCUT2D eigenvalue weighted by Gasteiger charge is 2.14. The Kier molecular flexibility index (Phi) is 5.74. The summed E-state index contributed by atoms with van der Waals surface area (Å²) < 4.78 is 17.3. The zero-order valence-electron chi connectivity index (χ0n) is 16.1. The molecule has 0 amide bonds. The van der Waals surface area contributed by atoms with Crippen LogP contribution in [-0.4, -0.2) is 24.8 Å². The molecule has 1 aliphatic heterocycles. The number of fused-ring (bicyclic) bond motifs is 1. The van der Waals surface area contributed by atoms with Crippen molar-refractivity contribution in [2.45, 2.75) is 39.3 Å². The van der Waals surface area contributed by atoms with Gasteiger partial charge in [-0.25, -0.2) is 4.99 Å². The molecule has 3 rings (SSSR count). The summed E-state index contributed by atoms with van der Waals surface area (Å²) in [6, 6.07) is 13.5. The lowest BCUT2D eigenvalue weighted by molar-refractivity contribution is 0.129.